The SMILES string of the molecule is [B]c1ccc2cc(CC(C#N)N=C(c3ccccc3)c3ccccc3)sc2c1. The summed E-state index contributed by atoms with van der Waals surface area (Å²) in [5.41, 5.74) is 3.63. The molecule has 1 aromatic heterocycles. The third-order valence-electron chi connectivity index (χ3n) is 4.52. The molecule has 2 radical (unpaired) electrons. The molecular weight excluding hydrogens is 359 g/mol. The van der Waals surface area contributed by atoms with Crippen molar-refractivity contribution in [2.45, 2.75) is 12.5 Å². The topological polar surface area (TPSA) is 36.1 Å². The van der Waals surface area contributed by atoms with Gasteiger partial charge in [-0.1, -0.05) is 84.3 Å². The second kappa shape index (κ2) is 8.25. The Morgan fingerprint density at radius 3 is 2.18 bits per heavy atom. The van der Waals surface area contributed by atoms with Crippen molar-refractivity contribution in [3.8, 4) is 6.07 Å². The molecule has 0 N–H and O–H groups in total. The van der Waals surface area contributed by atoms with Crippen molar-refractivity contribution in [2.24, 2.45) is 4.99 Å². The van der Waals surface area contributed by atoms with E-state index >= 15 is 0 Å². The van der Waals surface area contributed by atoms with Gasteiger partial charge in [0, 0.05) is 27.1 Å². The molecule has 0 saturated carbocycles. The lowest BCUT2D eigenvalue weighted by Crippen LogP contribution is -2.12. The van der Waals surface area contributed by atoms with Crippen LogP contribution in [0.15, 0.2) is 89.9 Å². The lowest BCUT2D eigenvalue weighted by atomic mass is 9.96. The van der Waals surface area contributed by atoms with Gasteiger partial charge in [0.15, 0.2) is 0 Å². The predicted octanol–water partition coefficient (Wildman–Crippen LogP) is 4.67. The largest absolute Gasteiger partial charge is 0.265 e. The van der Waals surface area contributed by atoms with E-state index in [1.165, 1.54) is 0 Å². The third-order valence-corrected chi connectivity index (χ3v) is 5.64. The first-order chi connectivity index (χ1) is 13.7. The van der Waals surface area contributed by atoms with Crippen LogP contribution in [0.1, 0.15) is 16.0 Å². The van der Waals surface area contributed by atoms with Crippen molar-refractivity contribution >= 4 is 40.4 Å². The Hall–Kier alpha value is -3.16. The molecule has 132 valence electrons. The average Bonchev–Trinajstić information content (AvgIpc) is 3.13. The number of thiophene rings is 1. The van der Waals surface area contributed by atoms with E-state index in [0.717, 1.165) is 37.3 Å². The molecule has 0 aliphatic rings. The van der Waals surface area contributed by atoms with E-state index in [-0.39, 0.29) is 0 Å². The summed E-state index contributed by atoms with van der Waals surface area (Å²) >= 11 is 1.67. The summed E-state index contributed by atoms with van der Waals surface area (Å²) in [4.78, 5) is 5.99. The van der Waals surface area contributed by atoms with Crippen LogP contribution in [0, 0.1) is 11.3 Å². The molecule has 4 aromatic rings. The fraction of sp³-hybridized carbons (Fsp3) is 0.0833. The van der Waals surface area contributed by atoms with Gasteiger partial charge in [0.2, 0.25) is 0 Å². The van der Waals surface area contributed by atoms with E-state index in [4.69, 9.17) is 12.8 Å². The summed E-state index contributed by atoms with van der Waals surface area (Å²) in [6.07, 6.45) is 0.582. The highest BCUT2D eigenvalue weighted by molar-refractivity contribution is 7.19. The number of rotatable bonds is 5. The molecule has 0 bridgehead atoms. The smallest absolute Gasteiger partial charge is 0.142 e. The van der Waals surface area contributed by atoms with Gasteiger partial charge in [-0.05, 0) is 11.5 Å². The minimum absolute atomic E-state index is 0.458. The first-order valence-corrected chi connectivity index (χ1v) is 9.91. The molecule has 4 rings (SSSR count). The van der Waals surface area contributed by atoms with E-state index in [1.54, 1.807) is 11.3 Å². The fourth-order valence-corrected chi connectivity index (χ4v) is 4.33. The van der Waals surface area contributed by atoms with Gasteiger partial charge in [-0.3, -0.25) is 4.99 Å². The molecule has 28 heavy (non-hydrogen) atoms. The molecule has 3 aromatic carbocycles. The van der Waals surface area contributed by atoms with Crippen LogP contribution in [0.4, 0.5) is 0 Å². The van der Waals surface area contributed by atoms with Gasteiger partial charge in [-0.25, -0.2) is 0 Å². The monoisotopic (exact) mass is 376 g/mol. The first-order valence-electron chi connectivity index (χ1n) is 9.09. The third kappa shape index (κ3) is 4.06. The van der Waals surface area contributed by atoms with Gasteiger partial charge in [-0.2, -0.15) is 5.26 Å². The van der Waals surface area contributed by atoms with Crippen LogP contribution >= 0.6 is 11.3 Å². The second-order valence-electron chi connectivity index (χ2n) is 6.57. The lowest BCUT2D eigenvalue weighted by Gasteiger charge is -2.10. The summed E-state index contributed by atoms with van der Waals surface area (Å²) in [5, 5.41) is 10.9. The van der Waals surface area contributed by atoms with E-state index in [1.807, 2.05) is 78.9 Å². The molecule has 0 aliphatic heterocycles. The summed E-state index contributed by atoms with van der Waals surface area (Å²) in [7, 11) is 5.89. The summed E-state index contributed by atoms with van der Waals surface area (Å²) < 4.78 is 1.14. The molecule has 1 unspecified atom stereocenters. The lowest BCUT2D eigenvalue weighted by molar-refractivity contribution is 0.837. The quantitative estimate of drug-likeness (QED) is 0.368. The van der Waals surface area contributed by atoms with Crippen LogP contribution in [-0.2, 0) is 6.42 Å². The number of nitriles is 1. The summed E-state index contributed by atoms with van der Waals surface area (Å²) in [5.74, 6) is 0. The van der Waals surface area contributed by atoms with Gasteiger partial charge >= 0.3 is 0 Å². The molecule has 1 heterocycles. The molecule has 2 nitrogen and oxygen atoms in total. The van der Waals surface area contributed by atoms with Crippen LogP contribution in [-0.4, -0.2) is 19.6 Å². The minimum Gasteiger partial charge on any atom is -0.265 e. The van der Waals surface area contributed by atoms with Crippen LogP contribution < -0.4 is 5.46 Å². The zero-order valence-corrected chi connectivity index (χ0v) is 16.1. The predicted molar refractivity (Wildman–Crippen MR) is 119 cm³/mol. The average molecular weight is 376 g/mol. The van der Waals surface area contributed by atoms with Crippen LogP contribution in [0.25, 0.3) is 10.1 Å². The Labute approximate surface area is 170 Å². The normalized spacial score (nSPS) is 11.7. The van der Waals surface area contributed by atoms with Crippen molar-refractivity contribution in [2.75, 3.05) is 0 Å². The molecule has 0 amide bonds. The number of hydrogen-bond donors (Lipinski definition) is 0. The zero-order valence-electron chi connectivity index (χ0n) is 15.2. The minimum atomic E-state index is -0.458. The van der Waals surface area contributed by atoms with Gasteiger partial charge in [0.1, 0.15) is 13.9 Å². The Bertz CT molecular complexity index is 1120. The number of nitrogens with zero attached hydrogens (tertiary/aromatic N) is 2. The highest BCUT2D eigenvalue weighted by atomic mass is 32.1. The van der Waals surface area contributed by atoms with E-state index in [2.05, 4.69) is 12.1 Å². The van der Waals surface area contributed by atoms with Crippen molar-refractivity contribution in [1.82, 2.24) is 0 Å². The Kier molecular flexibility index (Phi) is 5.37. The molecule has 0 fully saturated rings. The number of benzene rings is 3. The highest BCUT2D eigenvalue weighted by Crippen LogP contribution is 2.26. The molecule has 0 aliphatic carbocycles. The van der Waals surface area contributed by atoms with Gasteiger partial charge in [-0.15, -0.1) is 11.3 Å². The van der Waals surface area contributed by atoms with Crippen LogP contribution in [0.2, 0.25) is 0 Å². The van der Waals surface area contributed by atoms with E-state index < -0.39 is 6.04 Å². The van der Waals surface area contributed by atoms with Gasteiger partial charge in [0.25, 0.3) is 0 Å². The molecule has 0 saturated heterocycles. The number of hydrogen-bond acceptors (Lipinski definition) is 3. The zero-order chi connectivity index (χ0) is 19.3. The van der Waals surface area contributed by atoms with Crippen molar-refractivity contribution in [3.05, 3.63) is 101 Å². The summed E-state index contributed by atoms with van der Waals surface area (Å²) in [6.45, 7) is 0. The standard InChI is InChI=1S/C24H17BN2S/c25-20-12-11-19-13-22(28-23(19)14-20)15-21(16-26)27-24(17-7-3-1-4-8-17)18-9-5-2-6-10-18/h1-14,21H,15H2. The van der Waals surface area contributed by atoms with Crippen molar-refractivity contribution < 1.29 is 0 Å². The van der Waals surface area contributed by atoms with Crippen molar-refractivity contribution in [1.29, 1.82) is 5.26 Å². The molecule has 0 spiro atoms. The van der Waals surface area contributed by atoms with Gasteiger partial charge < -0.3 is 0 Å². The number of aliphatic imine (C=N–C) groups is 1. The van der Waals surface area contributed by atoms with Gasteiger partial charge in [0.05, 0.1) is 11.8 Å². The summed E-state index contributed by atoms with van der Waals surface area (Å²) in [6, 6.07) is 30.0. The Morgan fingerprint density at radius 2 is 1.57 bits per heavy atom. The molecule has 4 heteroatoms. The molecular formula is C24H17BN2S. The Balaban J connectivity index is 1.70. The first kappa shape index (κ1) is 18.2. The van der Waals surface area contributed by atoms with Crippen LogP contribution in [0.3, 0.4) is 0 Å². The fourth-order valence-electron chi connectivity index (χ4n) is 3.18. The molecule has 1 atom stereocenters. The highest BCUT2D eigenvalue weighted by Gasteiger charge is 2.14. The van der Waals surface area contributed by atoms with E-state index in [0.29, 0.717) is 6.42 Å². The van der Waals surface area contributed by atoms with E-state index in [9.17, 15) is 5.26 Å². The maximum absolute atomic E-state index is 9.78. The maximum atomic E-state index is 9.78. The second-order valence-corrected chi connectivity index (χ2v) is 7.74. The Morgan fingerprint density at radius 1 is 0.929 bits per heavy atom. The number of fused-ring (bicyclic) bond motifs is 1. The maximum Gasteiger partial charge on any atom is 0.142 e. The van der Waals surface area contributed by atoms with Crippen LogP contribution in [0.5, 0.6) is 0 Å². The van der Waals surface area contributed by atoms with Crippen molar-refractivity contribution in [3.63, 3.8) is 0 Å².